The summed E-state index contributed by atoms with van der Waals surface area (Å²) in [4.78, 5) is 60.7. The Morgan fingerprint density at radius 1 is 0.951 bits per heavy atom. The minimum Gasteiger partial charge on any atom is -0.466 e. The summed E-state index contributed by atoms with van der Waals surface area (Å²) < 4.78 is 19.3. The summed E-state index contributed by atoms with van der Waals surface area (Å²) in [6, 6.07) is 13.2. The SMILES string of the molecule is CCOC(=O)CCCCCNC(=O)N=C(c1ccccc1)N1CCN(C(=O)C(=O)c2c[nH]c3cccc(F)c23)CC1. The number of nitrogens with one attached hydrogen (secondary N) is 2. The van der Waals surface area contributed by atoms with Gasteiger partial charge < -0.3 is 24.8 Å². The van der Waals surface area contributed by atoms with Gasteiger partial charge in [-0.2, -0.15) is 4.99 Å². The standard InChI is InChI=1S/C30H34FN5O5/c1-2-41-25(37)14-7-4-8-15-32-30(40)34-28(21-10-5-3-6-11-21)35-16-18-36(19-17-35)29(39)27(38)22-20-33-24-13-9-12-23(31)26(22)24/h3,5-6,9-13,20,33H,2,4,7-8,14-19H2,1H3,(H,32,40). The highest BCUT2D eigenvalue weighted by Gasteiger charge is 2.30. The molecule has 41 heavy (non-hydrogen) atoms. The molecule has 0 radical (unpaired) electrons. The number of aliphatic imine (C=N–C) groups is 1. The van der Waals surface area contributed by atoms with E-state index in [1.165, 1.54) is 23.2 Å². The van der Waals surface area contributed by atoms with Crippen molar-refractivity contribution in [2.75, 3.05) is 39.3 Å². The van der Waals surface area contributed by atoms with E-state index in [9.17, 15) is 23.6 Å². The lowest BCUT2D eigenvalue weighted by Gasteiger charge is -2.36. The van der Waals surface area contributed by atoms with E-state index in [-0.39, 0.29) is 30.0 Å². The van der Waals surface area contributed by atoms with Crippen LogP contribution < -0.4 is 5.32 Å². The number of hydrogen-bond acceptors (Lipinski definition) is 5. The molecule has 1 saturated heterocycles. The molecule has 1 aromatic heterocycles. The highest BCUT2D eigenvalue weighted by molar-refractivity contribution is 6.44. The van der Waals surface area contributed by atoms with Crippen molar-refractivity contribution in [3.05, 3.63) is 71.7 Å². The second-order valence-electron chi connectivity index (χ2n) is 9.62. The van der Waals surface area contributed by atoms with Crippen molar-refractivity contribution in [2.24, 2.45) is 4.99 Å². The van der Waals surface area contributed by atoms with Gasteiger partial charge in [0.25, 0.3) is 11.7 Å². The number of ether oxygens (including phenoxy) is 1. The van der Waals surface area contributed by atoms with Crippen molar-refractivity contribution >= 4 is 40.4 Å². The molecule has 1 fully saturated rings. The number of Topliss-reactive ketones (excluding diaryl/α,β-unsaturated/α-hetero) is 1. The smallest absolute Gasteiger partial charge is 0.342 e. The van der Waals surface area contributed by atoms with E-state index in [4.69, 9.17) is 4.74 Å². The van der Waals surface area contributed by atoms with E-state index >= 15 is 0 Å². The van der Waals surface area contributed by atoms with Crippen LogP contribution in [0.25, 0.3) is 10.9 Å². The number of ketones is 1. The van der Waals surface area contributed by atoms with Gasteiger partial charge in [-0.15, -0.1) is 0 Å². The number of carbonyl (C=O) groups is 4. The molecule has 2 N–H and O–H groups in total. The van der Waals surface area contributed by atoms with Crippen LogP contribution in [-0.2, 0) is 14.3 Å². The Morgan fingerprint density at radius 3 is 2.41 bits per heavy atom. The van der Waals surface area contributed by atoms with E-state index in [0.717, 1.165) is 12.0 Å². The van der Waals surface area contributed by atoms with Gasteiger partial charge in [0, 0.05) is 61.8 Å². The third kappa shape index (κ3) is 7.56. The summed E-state index contributed by atoms with van der Waals surface area (Å²) >= 11 is 0. The summed E-state index contributed by atoms with van der Waals surface area (Å²) in [6.45, 7) is 3.76. The quantitative estimate of drug-likeness (QED) is 0.0963. The Balaban J connectivity index is 1.35. The number of aromatic nitrogens is 1. The van der Waals surface area contributed by atoms with Gasteiger partial charge in [-0.3, -0.25) is 14.4 Å². The van der Waals surface area contributed by atoms with Gasteiger partial charge in [-0.25, -0.2) is 9.18 Å². The van der Waals surface area contributed by atoms with Crippen molar-refractivity contribution in [2.45, 2.75) is 32.6 Å². The fraction of sp³-hybridized carbons (Fsp3) is 0.367. The lowest BCUT2D eigenvalue weighted by Crippen LogP contribution is -2.52. The first kappa shape index (κ1) is 29.4. The van der Waals surface area contributed by atoms with Crippen molar-refractivity contribution in [3.63, 3.8) is 0 Å². The number of esters is 1. The molecule has 2 heterocycles. The number of carbonyl (C=O) groups excluding carboxylic acids is 4. The van der Waals surface area contributed by atoms with Crippen LogP contribution in [0.3, 0.4) is 0 Å². The van der Waals surface area contributed by atoms with E-state index in [1.54, 1.807) is 13.0 Å². The van der Waals surface area contributed by atoms with E-state index in [2.05, 4.69) is 15.3 Å². The highest BCUT2D eigenvalue weighted by Crippen LogP contribution is 2.23. The number of unbranched alkanes of at least 4 members (excludes halogenated alkanes) is 2. The molecule has 0 aliphatic carbocycles. The highest BCUT2D eigenvalue weighted by atomic mass is 19.1. The Hall–Kier alpha value is -4.54. The Labute approximate surface area is 237 Å². The summed E-state index contributed by atoms with van der Waals surface area (Å²) in [5, 5.41) is 2.90. The molecule has 1 aliphatic heterocycles. The molecule has 4 rings (SSSR count). The molecule has 0 bridgehead atoms. The molecule has 0 saturated carbocycles. The molecule has 3 aromatic rings. The first-order valence-corrected chi connectivity index (χ1v) is 13.8. The monoisotopic (exact) mass is 563 g/mol. The third-order valence-corrected chi connectivity index (χ3v) is 6.84. The number of nitrogens with zero attached hydrogens (tertiary/aromatic N) is 3. The molecule has 10 nitrogen and oxygen atoms in total. The number of amides is 3. The molecule has 216 valence electrons. The van der Waals surface area contributed by atoms with Crippen LogP contribution >= 0.6 is 0 Å². The van der Waals surface area contributed by atoms with Gasteiger partial charge in [0.15, 0.2) is 0 Å². The number of piperazine rings is 1. The van der Waals surface area contributed by atoms with Crippen LogP contribution in [-0.4, -0.2) is 83.6 Å². The maximum Gasteiger partial charge on any atom is 0.342 e. The Kier molecular flexibility index (Phi) is 10.2. The second-order valence-corrected chi connectivity index (χ2v) is 9.62. The normalized spacial score (nSPS) is 13.8. The van der Waals surface area contributed by atoms with Gasteiger partial charge in [0.05, 0.1) is 12.2 Å². The summed E-state index contributed by atoms with van der Waals surface area (Å²) in [5.41, 5.74) is 1.21. The zero-order valence-corrected chi connectivity index (χ0v) is 23.0. The number of rotatable bonds is 10. The minimum atomic E-state index is -0.770. The number of urea groups is 1. The van der Waals surface area contributed by atoms with E-state index in [0.29, 0.717) is 56.9 Å². The lowest BCUT2D eigenvalue weighted by atomic mass is 10.1. The molecular weight excluding hydrogens is 529 g/mol. The van der Waals surface area contributed by atoms with Crippen LogP contribution in [0.4, 0.5) is 9.18 Å². The first-order chi connectivity index (χ1) is 19.9. The largest absolute Gasteiger partial charge is 0.466 e. The van der Waals surface area contributed by atoms with Crippen molar-refractivity contribution < 1.29 is 28.3 Å². The summed E-state index contributed by atoms with van der Waals surface area (Å²) in [5.74, 6) is -1.78. The zero-order valence-electron chi connectivity index (χ0n) is 23.0. The number of amidine groups is 1. The number of hydrogen-bond donors (Lipinski definition) is 2. The molecule has 1 aliphatic rings. The molecule has 11 heteroatoms. The number of halogens is 1. The Bertz CT molecular complexity index is 1410. The lowest BCUT2D eigenvalue weighted by molar-refractivity contribution is -0.143. The summed E-state index contributed by atoms with van der Waals surface area (Å²) in [7, 11) is 0. The van der Waals surface area contributed by atoms with Crippen LogP contribution in [0.5, 0.6) is 0 Å². The van der Waals surface area contributed by atoms with Gasteiger partial charge in [0.1, 0.15) is 11.7 Å². The van der Waals surface area contributed by atoms with Gasteiger partial charge in [-0.1, -0.05) is 42.8 Å². The van der Waals surface area contributed by atoms with Crippen LogP contribution in [0, 0.1) is 5.82 Å². The van der Waals surface area contributed by atoms with E-state index in [1.807, 2.05) is 35.2 Å². The second kappa shape index (κ2) is 14.2. The molecule has 0 atom stereocenters. The predicted octanol–water partition coefficient (Wildman–Crippen LogP) is 3.91. The number of H-pyrrole nitrogens is 1. The zero-order chi connectivity index (χ0) is 29.2. The molecule has 0 unspecified atom stereocenters. The van der Waals surface area contributed by atoms with Crippen molar-refractivity contribution in [3.8, 4) is 0 Å². The molecule has 0 spiro atoms. The first-order valence-electron chi connectivity index (χ1n) is 13.8. The van der Waals surface area contributed by atoms with Gasteiger partial charge >= 0.3 is 12.0 Å². The van der Waals surface area contributed by atoms with Gasteiger partial charge in [-0.05, 0) is 31.9 Å². The van der Waals surface area contributed by atoms with Crippen LogP contribution in [0.2, 0.25) is 0 Å². The minimum absolute atomic E-state index is 0.00892. The summed E-state index contributed by atoms with van der Waals surface area (Å²) in [6.07, 6.45) is 3.89. The number of fused-ring (bicyclic) bond motifs is 1. The molecule has 2 aromatic carbocycles. The average molecular weight is 564 g/mol. The van der Waals surface area contributed by atoms with Crippen LogP contribution in [0.15, 0.2) is 59.7 Å². The average Bonchev–Trinajstić information content (AvgIpc) is 3.43. The fourth-order valence-electron chi connectivity index (χ4n) is 4.74. The maximum absolute atomic E-state index is 14.4. The third-order valence-electron chi connectivity index (χ3n) is 6.84. The van der Waals surface area contributed by atoms with Crippen molar-refractivity contribution in [1.29, 1.82) is 0 Å². The topological polar surface area (TPSA) is 124 Å². The van der Waals surface area contributed by atoms with Crippen LogP contribution in [0.1, 0.15) is 48.5 Å². The van der Waals surface area contributed by atoms with Crippen molar-refractivity contribution in [1.82, 2.24) is 20.1 Å². The Morgan fingerprint density at radius 2 is 1.68 bits per heavy atom. The predicted molar refractivity (Wildman–Crippen MR) is 152 cm³/mol. The fourth-order valence-corrected chi connectivity index (χ4v) is 4.74. The van der Waals surface area contributed by atoms with Gasteiger partial charge in [0.2, 0.25) is 0 Å². The molecular formula is C30H34FN5O5. The number of benzene rings is 2. The van der Waals surface area contributed by atoms with E-state index < -0.39 is 23.5 Å². The maximum atomic E-state index is 14.4. The molecule has 3 amide bonds. The number of aromatic amines is 1.